The molecule has 2 atom stereocenters. The lowest BCUT2D eigenvalue weighted by molar-refractivity contribution is 0.142. The van der Waals surface area contributed by atoms with Gasteiger partial charge in [-0.05, 0) is 49.0 Å². The van der Waals surface area contributed by atoms with Gasteiger partial charge in [-0.1, -0.05) is 36.4 Å². The Morgan fingerprint density at radius 1 is 1.00 bits per heavy atom. The summed E-state index contributed by atoms with van der Waals surface area (Å²) >= 11 is 0. The van der Waals surface area contributed by atoms with Crippen LogP contribution in [0.15, 0.2) is 60.7 Å². The molecule has 3 aromatic carbocycles. The summed E-state index contributed by atoms with van der Waals surface area (Å²) in [6, 6.07) is 19.3. The number of rotatable bonds is 5. The van der Waals surface area contributed by atoms with E-state index in [4.69, 9.17) is 9.47 Å². The predicted molar refractivity (Wildman–Crippen MR) is 106 cm³/mol. The van der Waals surface area contributed by atoms with Gasteiger partial charge in [0.1, 0.15) is 17.6 Å². The molecule has 1 heterocycles. The van der Waals surface area contributed by atoms with Crippen LogP contribution in [0.4, 0.5) is 0 Å². The molecule has 0 amide bonds. The van der Waals surface area contributed by atoms with Crippen molar-refractivity contribution in [3.05, 3.63) is 66.2 Å². The van der Waals surface area contributed by atoms with E-state index < -0.39 is 0 Å². The summed E-state index contributed by atoms with van der Waals surface area (Å²) in [6.45, 7) is 4.32. The van der Waals surface area contributed by atoms with Gasteiger partial charge in [0.2, 0.25) is 0 Å². The number of piperidine rings is 1. The molecule has 1 aliphatic rings. The summed E-state index contributed by atoms with van der Waals surface area (Å²) in [6.07, 6.45) is 0.967. The Labute approximate surface area is 159 Å². The largest absolute Gasteiger partial charge is 0.494 e. The molecule has 1 N–H and O–H groups in total. The molecule has 27 heavy (non-hydrogen) atoms. The highest BCUT2D eigenvalue weighted by Gasteiger charge is 2.29. The third-order valence-electron chi connectivity index (χ3n) is 5.15. The molecule has 139 valence electrons. The zero-order valence-electron chi connectivity index (χ0n) is 15.5. The van der Waals surface area contributed by atoms with E-state index >= 15 is 0 Å². The zero-order chi connectivity index (χ0) is 18.6. The van der Waals surface area contributed by atoms with Crippen LogP contribution in [0.25, 0.3) is 10.8 Å². The fraction of sp³-hybridized carbons (Fsp3) is 0.304. The average Bonchev–Trinajstić information content (AvgIpc) is 2.69. The normalized spacial score (nSPS) is 19.7. The van der Waals surface area contributed by atoms with E-state index in [-0.39, 0.29) is 17.8 Å². The number of ether oxygens (including phenoxy) is 2. The molecule has 4 nitrogen and oxygen atoms in total. The van der Waals surface area contributed by atoms with Crippen LogP contribution in [0.5, 0.6) is 17.2 Å². The van der Waals surface area contributed by atoms with Crippen LogP contribution in [0.2, 0.25) is 0 Å². The molecule has 1 aliphatic heterocycles. The maximum absolute atomic E-state index is 12.2. The van der Waals surface area contributed by atoms with Gasteiger partial charge in [0.05, 0.1) is 6.61 Å². The van der Waals surface area contributed by atoms with E-state index in [0.29, 0.717) is 6.61 Å². The number of benzene rings is 3. The first-order valence-electron chi connectivity index (χ1n) is 9.55. The van der Waals surface area contributed by atoms with Crippen molar-refractivity contribution in [3.63, 3.8) is 0 Å². The molecule has 3 aromatic rings. The summed E-state index contributed by atoms with van der Waals surface area (Å²) in [5.74, 6) is 1.93. The van der Waals surface area contributed by atoms with E-state index in [0.717, 1.165) is 41.8 Å². The third-order valence-corrected chi connectivity index (χ3v) is 5.15. The predicted octanol–water partition coefficient (Wildman–Crippen LogP) is 4.91. The summed E-state index contributed by atoms with van der Waals surface area (Å²) < 4.78 is 12.0. The fourth-order valence-corrected chi connectivity index (χ4v) is 3.92. The third kappa shape index (κ3) is 3.71. The van der Waals surface area contributed by atoms with E-state index in [1.54, 1.807) is 6.07 Å². The Balaban J connectivity index is 1.66. The minimum Gasteiger partial charge on any atom is -0.494 e. The maximum atomic E-state index is 12.2. The van der Waals surface area contributed by atoms with Crippen molar-refractivity contribution in [1.29, 1.82) is 0 Å². The quantitative estimate of drug-likeness (QED) is 0.702. The zero-order valence-corrected chi connectivity index (χ0v) is 15.5. The molecular formula is C23H24NO3. The van der Waals surface area contributed by atoms with Crippen LogP contribution in [0.1, 0.15) is 24.8 Å². The van der Waals surface area contributed by atoms with Gasteiger partial charge in [-0.15, -0.1) is 0 Å². The van der Waals surface area contributed by atoms with Crippen molar-refractivity contribution in [3.8, 4) is 17.2 Å². The molecule has 0 saturated carbocycles. The van der Waals surface area contributed by atoms with Crippen LogP contribution < -0.4 is 14.8 Å². The van der Waals surface area contributed by atoms with Gasteiger partial charge in [-0.25, -0.2) is 0 Å². The molecule has 2 unspecified atom stereocenters. The van der Waals surface area contributed by atoms with E-state index in [2.05, 4.69) is 11.4 Å². The standard InChI is InChI=1S/C23H24NO3/c1-2-26-16-6-3-7-17(14-16)27-23-15-24-13-12-21(23)19-8-4-10-20-18(19)9-5-11-22(20)25/h3-11,14,21,23-24H,2,12-13,15H2,1H3. The summed E-state index contributed by atoms with van der Waals surface area (Å²) in [5.41, 5.74) is 1.19. The van der Waals surface area contributed by atoms with Crippen LogP contribution in [0.3, 0.4) is 0 Å². The Morgan fingerprint density at radius 2 is 1.78 bits per heavy atom. The Hall–Kier alpha value is -2.72. The average molecular weight is 362 g/mol. The highest BCUT2D eigenvalue weighted by molar-refractivity contribution is 5.91. The monoisotopic (exact) mass is 362 g/mol. The maximum Gasteiger partial charge on any atom is 0.186 e. The van der Waals surface area contributed by atoms with Crippen molar-refractivity contribution < 1.29 is 14.6 Å². The Morgan fingerprint density at radius 3 is 2.67 bits per heavy atom. The molecule has 0 aliphatic carbocycles. The van der Waals surface area contributed by atoms with Crippen molar-refractivity contribution in [2.75, 3.05) is 19.7 Å². The molecule has 1 saturated heterocycles. The van der Waals surface area contributed by atoms with Crippen molar-refractivity contribution in [2.45, 2.75) is 25.4 Å². The second kappa shape index (κ2) is 7.89. The molecule has 0 bridgehead atoms. The highest BCUT2D eigenvalue weighted by atomic mass is 16.5. The van der Waals surface area contributed by atoms with E-state index in [1.165, 1.54) is 5.56 Å². The van der Waals surface area contributed by atoms with Gasteiger partial charge < -0.3 is 14.8 Å². The number of hydrogen-bond donors (Lipinski definition) is 1. The lowest BCUT2D eigenvalue weighted by Crippen LogP contribution is -2.42. The summed E-state index contributed by atoms with van der Waals surface area (Å²) in [7, 11) is 0. The van der Waals surface area contributed by atoms with Gasteiger partial charge in [-0.2, -0.15) is 0 Å². The summed E-state index contributed by atoms with van der Waals surface area (Å²) in [4.78, 5) is 0. The smallest absolute Gasteiger partial charge is 0.186 e. The first-order valence-corrected chi connectivity index (χ1v) is 9.55. The van der Waals surface area contributed by atoms with E-state index in [1.807, 2.05) is 55.5 Å². The van der Waals surface area contributed by atoms with Crippen LogP contribution in [-0.2, 0) is 5.11 Å². The van der Waals surface area contributed by atoms with Crippen LogP contribution in [-0.4, -0.2) is 25.8 Å². The first kappa shape index (κ1) is 17.7. The van der Waals surface area contributed by atoms with Crippen molar-refractivity contribution in [1.82, 2.24) is 5.32 Å². The van der Waals surface area contributed by atoms with Gasteiger partial charge in [0, 0.05) is 23.9 Å². The van der Waals surface area contributed by atoms with Crippen molar-refractivity contribution in [2.24, 2.45) is 0 Å². The van der Waals surface area contributed by atoms with Gasteiger partial charge in [0.25, 0.3) is 0 Å². The Bertz CT molecular complexity index is 924. The molecule has 0 aromatic heterocycles. The Kier molecular flexibility index (Phi) is 5.16. The molecule has 1 radical (unpaired) electrons. The second-order valence-corrected chi connectivity index (χ2v) is 6.86. The number of fused-ring (bicyclic) bond motifs is 1. The highest BCUT2D eigenvalue weighted by Crippen LogP contribution is 2.36. The van der Waals surface area contributed by atoms with Gasteiger partial charge >= 0.3 is 0 Å². The molecule has 1 fully saturated rings. The van der Waals surface area contributed by atoms with Crippen LogP contribution >= 0.6 is 0 Å². The SMILES string of the molecule is CCOc1cccc(OC2CNCCC2c2cccc3c([O])cccc23)c1. The number of nitrogens with one attached hydrogen (secondary N) is 1. The molecule has 0 spiro atoms. The molecule has 4 heteroatoms. The minimum atomic E-state index is -0.00321. The first-order chi connectivity index (χ1) is 13.3. The second-order valence-electron chi connectivity index (χ2n) is 6.86. The molecule has 4 rings (SSSR count). The topological polar surface area (TPSA) is 50.4 Å². The summed E-state index contributed by atoms with van der Waals surface area (Å²) in [5, 5.41) is 17.5. The van der Waals surface area contributed by atoms with Crippen molar-refractivity contribution >= 4 is 10.8 Å². The lowest BCUT2D eigenvalue weighted by atomic mass is 9.84. The minimum absolute atomic E-state index is 0.00321. The van der Waals surface area contributed by atoms with Gasteiger partial charge in [0.15, 0.2) is 5.75 Å². The van der Waals surface area contributed by atoms with Crippen LogP contribution in [0, 0.1) is 0 Å². The van der Waals surface area contributed by atoms with Gasteiger partial charge in [-0.3, -0.25) is 5.11 Å². The number of hydrogen-bond acceptors (Lipinski definition) is 3. The molecular weight excluding hydrogens is 338 g/mol. The van der Waals surface area contributed by atoms with E-state index in [9.17, 15) is 5.11 Å². The lowest BCUT2D eigenvalue weighted by Gasteiger charge is -2.33. The fourth-order valence-electron chi connectivity index (χ4n) is 3.92.